The van der Waals surface area contributed by atoms with Crippen LogP contribution in [0.3, 0.4) is 0 Å². The molecule has 68 valence electrons. The maximum absolute atomic E-state index is 10.8. The van der Waals surface area contributed by atoms with Gasteiger partial charge in [0.25, 0.3) is 0 Å². The van der Waals surface area contributed by atoms with Crippen LogP contribution in [0, 0.1) is 0 Å². The largest absolute Gasteiger partial charge is 0.487 e. The average Bonchev–Trinajstić information content (AvgIpc) is 2.47. The zero-order valence-electron chi connectivity index (χ0n) is 7.20. The zero-order valence-corrected chi connectivity index (χ0v) is 7.20. The third-order valence-electron chi connectivity index (χ3n) is 1.60. The number of hydrogen-bond acceptors (Lipinski definition) is 4. The van der Waals surface area contributed by atoms with E-state index in [1.165, 1.54) is 6.08 Å². The summed E-state index contributed by atoms with van der Waals surface area (Å²) in [6.45, 7) is 0.522. The molecule has 4 nitrogen and oxygen atoms in total. The van der Waals surface area contributed by atoms with E-state index >= 15 is 0 Å². The highest BCUT2D eigenvalue weighted by atomic mass is 16.6. The minimum Gasteiger partial charge on any atom is -0.487 e. The second-order valence-electron chi connectivity index (χ2n) is 2.48. The van der Waals surface area contributed by atoms with Gasteiger partial charge in [0.1, 0.15) is 11.9 Å². The molecule has 0 aromatic heterocycles. The van der Waals surface area contributed by atoms with Gasteiger partial charge in [0, 0.05) is 20.3 Å². The van der Waals surface area contributed by atoms with Crippen molar-refractivity contribution in [3.05, 3.63) is 11.8 Å². The van der Waals surface area contributed by atoms with Crippen molar-refractivity contribution in [3.63, 3.8) is 0 Å². The SMILES string of the molecule is COCC(OC)C1=CC(=O)CO1. The summed E-state index contributed by atoms with van der Waals surface area (Å²) >= 11 is 0. The van der Waals surface area contributed by atoms with Gasteiger partial charge >= 0.3 is 0 Å². The lowest BCUT2D eigenvalue weighted by molar-refractivity contribution is -0.116. The second kappa shape index (κ2) is 4.23. The van der Waals surface area contributed by atoms with Gasteiger partial charge in [-0.3, -0.25) is 4.79 Å². The molecule has 0 saturated carbocycles. The van der Waals surface area contributed by atoms with Crippen LogP contribution in [0.5, 0.6) is 0 Å². The van der Waals surface area contributed by atoms with Gasteiger partial charge in [-0.1, -0.05) is 0 Å². The molecule has 12 heavy (non-hydrogen) atoms. The first-order chi connectivity index (χ1) is 5.77. The Morgan fingerprint density at radius 1 is 1.67 bits per heavy atom. The number of carbonyl (C=O) groups excluding carboxylic acids is 1. The molecule has 1 atom stereocenters. The number of rotatable bonds is 4. The summed E-state index contributed by atoms with van der Waals surface area (Å²) in [5.74, 6) is 0.535. The first-order valence-electron chi connectivity index (χ1n) is 3.67. The molecule has 0 bridgehead atoms. The van der Waals surface area contributed by atoms with E-state index in [0.717, 1.165) is 0 Å². The molecule has 0 spiro atoms. The Kier molecular flexibility index (Phi) is 3.25. The van der Waals surface area contributed by atoms with E-state index in [1.807, 2.05) is 0 Å². The molecule has 0 radical (unpaired) electrons. The molecule has 0 N–H and O–H groups in total. The molecule has 0 aliphatic carbocycles. The lowest BCUT2D eigenvalue weighted by Gasteiger charge is -2.14. The van der Waals surface area contributed by atoms with Crippen LogP contribution in [0.2, 0.25) is 0 Å². The normalized spacial score (nSPS) is 18.8. The Balaban J connectivity index is 2.54. The first kappa shape index (κ1) is 9.22. The number of ether oxygens (including phenoxy) is 3. The van der Waals surface area contributed by atoms with E-state index in [2.05, 4.69) is 0 Å². The summed E-state index contributed by atoms with van der Waals surface area (Å²) in [5.41, 5.74) is 0. The molecule has 0 aromatic rings. The molecule has 0 fully saturated rings. The molecule has 0 aromatic carbocycles. The smallest absolute Gasteiger partial charge is 0.196 e. The van der Waals surface area contributed by atoms with Crippen LogP contribution in [-0.4, -0.2) is 39.3 Å². The molecular formula is C8H12O4. The predicted octanol–water partition coefficient (Wildman–Crippen LogP) is 0.131. The van der Waals surface area contributed by atoms with Gasteiger partial charge < -0.3 is 14.2 Å². The Bertz CT molecular complexity index is 197. The Morgan fingerprint density at radius 3 is 2.83 bits per heavy atom. The van der Waals surface area contributed by atoms with Crippen molar-refractivity contribution < 1.29 is 19.0 Å². The maximum Gasteiger partial charge on any atom is 0.196 e. The monoisotopic (exact) mass is 172 g/mol. The van der Waals surface area contributed by atoms with Gasteiger partial charge in [-0.15, -0.1) is 0 Å². The lowest BCUT2D eigenvalue weighted by Crippen LogP contribution is -2.20. The zero-order chi connectivity index (χ0) is 8.97. The molecule has 1 rings (SSSR count). The van der Waals surface area contributed by atoms with Crippen LogP contribution in [0.15, 0.2) is 11.8 Å². The lowest BCUT2D eigenvalue weighted by atomic mass is 10.3. The highest BCUT2D eigenvalue weighted by Crippen LogP contribution is 2.13. The van der Waals surface area contributed by atoms with E-state index in [9.17, 15) is 4.79 Å². The Morgan fingerprint density at radius 2 is 2.42 bits per heavy atom. The Hall–Kier alpha value is -0.870. The van der Waals surface area contributed by atoms with E-state index in [4.69, 9.17) is 14.2 Å². The highest BCUT2D eigenvalue weighted by molar-refractivity contribution is 5.93. The minimum absolute atomic E-state index is 0.0249. The predicted molar refractivity (Wildman–Crippen MR) is 41.7 cm³/mol. The summed E-state index contributed by atoms with van der Waals surface area (Å²) in [5, 5.41) is 0. The molecular weight excluding hydrogens is 160 g/mol. The van der Waals surface area contributed by atoms with Gasteiger partial charge in [0.15, 0.2) is 12.4 Å². The maximum atomic E-state index is 10.8. The second-order valence-corrected chi connectivity index (χ2v) is 2.48. The van der Waals surface area contributed by atoms with Crippen LogP contribution in [-0.2, 0) is 19.0 Å². The van der Waals surface area contributed by atoms with Crippen molar-refractivity contribution >= 4 is 5.78 Å². The standard InChI is InChI=1S/C8H12O4/c1-10-5-8(11-2)7-3-6(9)4-12-7/h3,8H,4-5H2,1-2H3. The van der Waals surface area contributed by atoms with Gasteiger partial charge in [-0.05, 0) is 0 Å². The van der Waals surface area contributed by atoms with Gasteiger partial charge in [-0.25, -0.2) is 0 Å². The van der Waals surface area contributed by atoms with Crippen molar-refractivity contribution in [1.29, 1.82) is 0 Å². The molecule has 0 saturated heterocycles. The van der Waals surface area contributed by atoms with Crippen molar-refractivity contribution in [3.8, 4) is 0 Å². The van der Waals surface area contributed by atoms with Crippen LogP contribution in [0.4, 0.5) is 0 Å². The fourth-order valence-corrected chi connectivity index (χ4v) is 1.00. The van der Waals surface area contributed by atoms with E-state index < -0.39 is 0 Å². The van der Waals surface area contributed by atoms with Crippen LogP contribution in [0.1, 0.15) is 0 Å². The third kappa shape index (κ3) is 2.06. The molecule has 1 heterocycles. The third-order valence-corrected chi connectivity index (χ3v) is 1.60. The summed E-state index contributed by atoms with van der Waals surface area (Å²) < 4.78 is 15.0. The van der Waals surface area contributed by atoms with E-state index in [0.29, 0.717) is 12.4 Å². The van der Waals surface area contributed by atoms with Crippen LogP contribution in [0.25, 0.3) is 0 Å². The fraction of sp³-hybridized carbons (Fsp3) is 0.625. The average molecular weight is 172 g/mol. The fourth-order valence-electron chi connectivity index (χ4n) is 1.00. The quantitative estimate of drug-likeness (QED) is 0.604. The van der Waals surface area contributed by atoms with Crippen molar-refractivity contribution in [1.82, 2.24) is 0 Å². The number of methoxy groups -OCH3 is 2. The minimum atomic E-state index is -0.263. The number of carbonyl (C=O) groups is 1. The summed E-state index contributed by atoms with van der Waals surface area (Å²) in [4.78, 5) is 10.8. The molecule has 1 unspecified atom stereocenters. The summed E-state index contributed by atoms with van der Waals surface area (Å²) in [6.07, 6.45) is 1.19. The molecule has 4 heteroatoms. The van der Waals surface area contributed by atoms with Gasteiger partial charge in [-0.2, -0.15) is 0 Å². The number of ketones is 1. The first-order valence-corrected chi connectivity index (χ1v) is 3.67. The molecule has 0 amide bonds. The van der Waals surface area contributed by atoms with Crippen molar-refractivity contribution in [2.24, 2.45) is 0 Å². The van der Waals surface area contributed by atoms with Gasteiger partial charge in [0.2, 0.25) is 0 Å². The van der Waals surface area contributed by atoms with Crippen LogP contribution < -0.4 is 0 Å². The van der Waals surface area contributed by atoms with Crippen LogP contribution >= 0.6 is 0 Å². The topological polar surface area (TPSA) is 44.8 Å². The van der Waals surface area contributed by atoms with Gasteiger partial charge in [0.05, 0.1) is 6.61 Å². The number of hydrogen-bond donors (Lipinski definition) is 0. The Labute approximate surface area is 71.1 Å². The van der Waals surface area contributed by atoms with E-state index in [1.54, 1.807) is 14.2 Å². The summed E-state index contributed by atoms with van der Waals surface area (Å²) in [7, 11) is 3.13. The van der Waals surface area contributed by atoms with Crippen molar-refractivity contribution in [2.75, 3.05) is 27.4 Å². The van der Waals surface area contributed by atoms with Crippen molar-refractivity contribution in [2.45, 2.75) is 6.10 Å². The molecule has 1 aliphatic heterocycles. The summed E-state index contributed by atoms with van der Waals surface area (Å²) in [6, 6.07) is 0. The molecule has 1 aliphatic rings. The highest BCUT2D eigenvalue weighted by Gasteiger charge is 2.21. The van der Waals surface area contributed by atoms with E-state index in [-0.39, 0.29) is 18.5 Å².